The summed E-state index contributed by atoms with van der Waals surface area (Å²) >= 11 is 6.19. The van der Waals surface area contributed by atoms with Crippen molar-refractivity contribution in [1.29, 1.82) is 0 Å². The topological polar surface area (TPSA) is 29.3 Å². The molecular formula is C14H20ClFN2. The third kappa shape index (κ3) is 2.40. The minimum absolute atomic E-state index is 0.224. The van der Waals surface area contributed by atoms with Crippen molar-refractivity contribution in [2.24, 2.45) is 5.73 Å². The third-order valence-electron chi connectivity index (χ3n) is 4.14. The summed E-state index contributed by atoms with van der Waals surface area (Å²) in [5.41, 5.74) is 6.27. The second-order valence-electron chi connectivity index (χ2n) is 5.02. The predicted octanol–water partition coefficient (Wildman–Crippen LogP) is 2.79. The van der Waals surface area contributed by atoms with Crippen molar-refractivity contribution in [1.82, 2.24) is 4.90 Å². The number of likely N-dealkylation sites (tertiary alicyclic amines) is 1. The predicted molar refractivity (Wildman–Crippen MR) is 73.5 cm³/mol. The number of benzene rings is 1. The zero-order valence-corrected chi connectivity index (χ0v) is 11.5. The number of nitrogens with two attached hydrogens (primary N) is 1. The van der Waals surface area contributed by atoms with Gasteiger partial charge in [-0.05, 0) is 44.6 Å². The highest BCUT2D eigenvalue weighted by Crippen LogP contribution is 2.39. The maximum absolute atomic E-state index is 14.1. The molecule has 18 heavy (non-hydrogen) atoms. The van der Waals surface area contributed by atoms with E-state index in [1.54, 1.807) is 12.1 Å². The highest BCUT2D eigenvalue weighted by Gasteiger charge is 2.38. The van der Waals surface area contributed by atoms with E-state index in [9.17, 15) is 4.39 Å². The lowest BCUT2D eigenvalue weighted by Gasteiger charge is -2.41. The molecule has 1 aromatic carbocycles. The van der Waals surface area contributed by atoms with Gasteiger partial charge in [-0.3, -0.25) is 0 Å². The Morgan fingerprint density at radius 1 is 1.39 bits per heavy atom. The molecule has 1 aromatic rings. The maximum atomic E-state index is 14.1. The van der Waals surface area contributed by atoms with E-state index in [0.29, 0.717) is 17.1 Å². The summed E-state index contributed by atoms with van der Waals surface area (Å²) in [5, 5.41) is 0.505. The molecule has 2 rings (SSSR count). The van der Waals surface area contributed by atoms with Gasteiger partial charge in [0.15, 0.2) is 0 Å². The first-order valence-electron chi connectivity index (χ1n) is 6.50. The van der Waals surface area contributed by atoms with Crippen LogP contribution in [0.25, 0.3) is 0 Å². The largest absolute Gasteiger partial charge is 0.330 e. The molecule has 0 aliphatic carbocycles. The molecule has 0 unspecified atom stereocenters. The van der Waals surface area contributed by atoms with Crippen molar-refractivity contribution in [3.8, 4) is 0 Å². The molecule has 1 heterocycles. The van der Waals surface area contributed by atoms with Crippen LogP contribution in [-0.4, -0.2) is 31.1 Å². The number of halogens is 2. The van der Waals surface area contributed by atoms with Crippen LogP contribution in [0.1, 0.15) is 25.3 Å². The summed E-state index contributed by atoms with van der Waals surface area (Å²) in [7, 11) is 0. The molecule has 0 amide bonds. The normalized spacial score (nSPS) is 20.0. The average molecular weight is 271 g/mol. The van der Waals surface area contributed by atoms with Crippen molar-refractivity contribution in [2.75, 3.05) is 26.2 Å². The Morgan fingerprint density at radius 2 is 2.06 bits per heavy atom. The van der Waals surface area contributed by atoms with Crippen LogP contribution in [0.5, 0.6) is 0 Å². The lowest BCUT2D eigenvalue weighted by atomic mass is 9.72. The standard InChI is InChI=1S/C14H20ClFN2/c1-2-18-8-6-14(10-17,7-9-18)13-11(15)4-3-5-12(13)16/h3-5H,2,6-10,17H2,1H3. The first-order valence-corrected chi connectivity index (χ1v) is 6.87. The number of hydrogen-bond acceptors (Lipinski definition) is 2. The van der Waals surface area contributed by atoms with Crippen molar-refractivity contribution in [2.45, 2.75) is 25.2 Å². The van der Waals surface area contributed by atoms with Gasteiger partial charge in [-0.1, -0.05) is 24.6 Å². The van der Waals surface area contributed by atoms with Gasteiger partial charge in [0.05, 0.1) is 0 Å². The number of piperidine rings is 1. The highest BCUT2D eigenvalue weighted by molar-refractivity contribution is 6.31. The smallest absolute Gasteiger partial charge is 0.128 e. The zero-order valence-electron chi connectivity index (χ0n) is 10.8. The van der Waals surface area contributed by atoms with Gasteiger partial charge in [-0.2, -0.15) is 0 Å². The number of rotatable bonds is 3. The Labute approximate surface area is 113 Å². The minimum atomic E-state index is -0.298. The van der Waals surface area contributed by atoms with Crippen LogP contribution in [0.15, 0.2) is 18.2 Å². The molecule has 0 saturated carbocycles. The van der Waals surface area contributed by atoms with Gasteiger partial charge in [0, 0.05) is 22.5 Å². The summed E-state index contributed by atoms with van der Waals surface area (Å²) in [4.78, 5) is 2.36. The lowest BCUT2D eigenvalue weighted by molar-refractivity contribution is 0.166. The highest BCUT2D eigenvalue weighted by atomic mass is 35.5. The van der Waals surface area contributed by atoms with Crippen molar-refractivity contribution >= 4 is 11.6 Å². The molecular weight excluding hydrogens is 251 g/mol. The van der Waals surface area contributed by atoms with Crippen LogP contribution < -0.4 is 5.73 Å². The lowest BCUT2D eigenvalue weighted by Crippen LogP contribution is -2.47. The van der Waals surface area contributed by atoms with E-state index in [-0.39, 0.29) is 11.2 Å². The SMILES string of the molecule is CCN1CCC(CN)(c2c(F)cccc2Cl)CC1. The molecule has 4 heteroatoms. The molecule has 2 N–H and O–H groups in total. The van der Waals surface area contributed by atoms with E-state index < -0.39 is 0 Å². The van der Waals surface area contributed by atoms with Gasteiger partial charge in [0.25, 0.3) is 0 Å². The second-order valence-corrected chi connectivity index (χ2v) is 5.42. The first kappa shape index (κ1) is 13.8. The van der Waals surface area contributed by atoms with Crippen molar-refractivity contribution in [3.05, 3.63) is 34.6 Å². The van der Waals surface area contributed by atoms with Gasteiger partial charge in [0.1, 0.15) is 5.82 Å². The van der Waals surface area contributed by atoms with Gasteiger partial charge >= 0.3 is 0 Å². The first-order chi connectivity index (χ1) is 8.63. The van der Waals surface area contributed by atoms with Crippen LogP contribution >= 0.6 is 11.6 Å². The minimum Gasteiger partial charge on any atom is -0.330 e. The van der Waals surface area contributed by atoms with Crippen LogP contribution in [0.4, 0.5) is 4.39 Å². The van der Waals surface area contributed by atoms with Gasteiger partial charge in [-0.15, -0.1) is 0 Å². The molecule has 1 aliphatic rings. The summed E-state index contributed by atoms with van der Waals surface area (Å²) in [5.74, 6) is -0.224. The molecule has 1 aliphatic heterocycles. The van der Waals surface area contributed by atoms with Gasteiger partial charge in [0.2, 0.25) is 0 Å². The second kappa shape index (κ2) is 5.55. The summed E-state index contributed by atoms with van der Waals surface area (Å²) in [6, 6.07) is 4.88. The molecule has 100 valence electrons. The van der Waals surface area contributed by atoms with E-state index in [4.69, 9.17) is 17.3 Å². The average Bonchev–Trinajstić information content (AvgIpc) is 2.39. The van der Waals surface area contributed by atoms with Crippen molar-refractivity contribution < 1.29 is 4.39 Å². The van der Waals surface area contributed by atoms with Gasteiger partial charge in [-0.25, -0.2) is 4.39 Å². The van der Waals surface area contributed by atoms with Gasteiger partial charge < -0.3 is 10.6 Å². The van der Waals surface area contributed by atoms with Crippen LogP contribution in [0.2, 0.25) is 5.02 Å². The summed E-state index contributed by atoms with van der Waals surface area (Å²) in [6.07, 6.45) is 1.75. The van der Waals surface area contributed by atoms with E-state index in [1.165, 1.54) is 6.07 Å². The molecule has 1 saturated heterocycles. The molecule has 0 bridgehead atoms. The molecule has 0 spiro atoms. The fraction of sp³-hybridized carbons (Fsp3) is 0.571. The Hall–Kier alpha value is -0.640. The fourth-order valence-corrected chi connectivity index (χ4v) is 3.22. The molecule has 0 radical (unpaired) electrons. The molecule has 2 nitrogen and oxygen atoms in total. The van der Waals surface area contributed by atoms with Crippen LogP contribution in [-0.2, 0) is 5.41 Å². The Kier molecular flexibility index (Phi) is 4.25. The van der Waals surface area contributed by atoms with E-state index in [2.05, 4.69) is 11.8 Å². The number of nitrogens with zero attached hydrogens (tertiary/aromatic N) is 1. The fourth-order valence-electron chi connectivity index (χ4n) is 2.86. The monoisotopic (exact) mass is 270 g/mol. The quantitative estimate of drug-likeness (QED) is 0.915. The number of hydrogen-bond donors (Lipinski definition) is 1. The maximum Gasteiger partial charge on any atom is 0.128 e. The molecule has 0 atom stereocenters. The van der Waals surface area contributed by atoms with E-state index in [1.807, 2.05) is 0 Å². The molecule has 0 aromatic heterocycles. The third-order valence-corrected chi connectivity index (χ3v) is 4.46. The van der Waals surface area contributed by atoms with Crippen LogP contribution in [0.3, 0.4) is 0 Å². The zero-order chi connectivity index (χ0) is 13.2. The van der Waals surface area contributed by atoms with Crippen molar-refractivity contribution in [3.63, 3.8) is 0 Å². The Morgan fingerprint density at radius 3 is 2.56 bits per heavy atom. The summed E-state index contributed by atoms with van der Waals surface area (Å²) in [6.45, 7) is 5.54. The van der Waals surface area contributed by atoms with E-state index in [0.717, 1.165) is 32.5 Å². The Bertz CT molecular complexity index is 394. The summed E-state index contributed by atoms with van der Waals surface area (Å²) < 4.78 is 14.1. The van der Waals surface area contributed by atoms with Crippen LogP contribution in [0, 0.1) is 5.82 Å². The Balaban J connectivity index is 2.34. The van der Waals surface area contributed by atoms with E-state index >= 15 is 0 Å². The molecule has 1 fully saturated rings.